The lowest BCUT2D eigenvalue weighted by molar-refractivity contribution is -0.121. The van der Waals surface area contributed by atoms with Crippen molar-refractivity contribution in [2.24, 2.45) is 0 Å². The van der Waals surface area contributed by atoms with Crippen molar-refractivity contribution in [3.63, 3.8) is 0 Å². The Morgan fingerprint density at radius 3 is 3.00 bits per heavy atom. The molecule has 0 saturated heterocycles. The molecule has 1 heterocycles. The summed E-state index contributed by atoms with van der Waals surface area (Å²) in [7, 11) is 1.52. The van der Waals surface area contributed by atoms with Crippen molar-refractivity contribution in [2.45, 2.75) is 32.3 Å². The Morgan fingerprint density at radius 2 is 2.39 bits per heavy atom. The van der Waals surface area contributed by atoms with Crippen molar-refractivity contribution < 1.29 is 19.2 Å². The van der Waals surface area contributed by atoms with Crippen LogP contribution in [0.5, 0.6) is 0 Å². The largest absolute Gasteiger partial charge is 0.391 e. The number of aryl methyl sites for hydroxylation is 2. The average Bonchev–Trinajstić information content (AvgIpc) is 2.73. The maximum absolute atomic E-state index is 11.4. The van der Waals surface area contributed by atoms with Crippen molar-refractivity contribution in [2.75, 3.05) is 20.3 Å². The van der Waals surface area contributed by atoms with Crippen LogP contribution in [0.1, 0.15) is 24.6 Å². The van der Waals surface area contributed by atoms with Gasteiger partial charge in [-0.2, -0.15) is 4.98 Å². The molecule has 1 atom stereocenters. The second-order valence-electron chi connectivity index (χ2n) is 3.98. The second-order valence-corrected chi connectivity index (χ2v) is 3.98. The minimum absolute atomic E-state index is 0.101. The third kappa shape index (κ3) is 5.74. The van der Waals surface area contributed by atoms with Crippen LogP contribution in [0.2, 0.25) is 0 Å². The number of ether oxygens (including phenoxy) is 1. The van der Waals surface area contributed by atoms with Gasteiger partial charge in [0.25, 0.3) is 0 Å². The number of methoxy groups -OCH3 is 1. The van der Waals surface area contributed by atoms with Crippen molar-refractivity contribution in [1.29, 1.82) is 0 Å². The third-order valence-corrected chi connectivity index (χ3v) is 2.29. The molecular formula is C11H19N3O4. The third-order valence-electron chi connectivity index (χ3n) is 2.29. The molecule has 1 aromatic rings. The molecule has 0 bridgehead atoms. The summed E-state index contributed by atoms with van der Waals surface area (Å²) in [6, 6.07) is 0. The number of aromatic nitrogens is 2. The lowest BCUT2D eigenvalue weighted by Crippen LogP contribution is -2.28. The summed E-state index contributed by atoms with van der Waals surface area (Å²) in [4.78, 5) is 15.4. The molecule has 2 N–H and O–H groups in total. The maximum atomic E-state index is 11.4. The molecule has 0 aliphatic rings. The van der Waals surface area contributed by atoms with Crippen molar-refractivity contribution in [1.82, 2.24) is 15.5 Å². The Hall–Kier alpha value is -1.47. The summed E-state index contributed by atoms with van der Waals surface area (Å²) in [6.45, 7) is 2.42. The molecule has 0 saturated carbocycles. The highest BCUT2D eigenvalue weighted by Gasteiger charge is 2.08. The van der Waals surface area contributed by atoms with E-state index in [-0.39, 0.29) is 12.5 Å². The number of carbonyl (C=O) groups is 1. The molecule has 1 unspecified atom stereocenters. The Balaban J connectivity index is 2.10. The molecule has 18 heavy (non-hydrogen) atoms. The van der Waals surface area contributed by atoms with E-state index < -0.39 is 6.10 Å². The number of amides is 1. The van der Waals surface area contributed by atoms with Crippen LogP contribution in [0.3, 0.4) is 0 Å². The van der Waals surface area contributed by atoms with Gasteiger partial charge in [0.15, 0.2) is 5.82 Å². The number of hydrogen-bond acceptors (Lipinski definition) is 6. The Morgan fingerprint density at radius 1 is 1.61 bits per heavy atom. The van der Waals surface area contributed by atoms with E-state index in [1.807, 2.05) is 0 Å². The fraction of sp³-hybridized carbons (Fsp3) is 0.727. The standard InChI is InChI=1S/C11H19N3O4/c1-8-13-11(18-14-8)4-3-10(16)12-6-5-9(15)7-17-2/h9,15H,3-7H2,1-2H3,(H,12,16). The van der Waals surface area contributed by atoms with Crippen LogP contribution in [-0.4, -0.2) is 47.5 Å². The predicted octanol–water partition coefficient (Wildman–Crippen LogP) is -0.176. The summed E-state index contributed by atoms with van der Waals surface area (Å²) < 4.78 is 9.67. The highest BCUT2D eigenvalue weighted by molar-refractivity contribution is 5.75. The second kappa shape index (κ2) is 7.78. The van der Waals surface area contributed by atoms with Gasteiger partial charge < -0.3 is 19.7 Å². The first-order valence-corrected chi connectivity index (χ1v) is 5.84. The molecule has 102 valence electrons. The average molecular weight is 257 g/mol. The van der Waals surface area contributed by atoms with E-state index in [0.717, 1.165) is 0 Å². The van der Waals surface area contributed by atoms with Gasteiger partial charge in [-0.3, -0.25) is 4.79 Å². The van der Waals surface area contributed by atoms with Gasteiger partial charge in [-0.15, -0.1) is 0 Å². The van der Waals surface area contributed by atoms with E-state index in [1.54, 1.807) is 6.92 Å². The lowest BCUT2D eigenvalue weighted by atomic mass is 10.2. The summed E-state index contributed by atoms with van der Waals surface area (Å²) >= 11 is 0. The van der Waals surface area contributed by atoms with Gasteiger partial charge in [-0.1, -0.05) is 5.16 Å². The zero-order valence-electron chi connectivity index (χ0n) is 10.7. The van der Waals surface area contributed by atoms with E-state index in [0.29, 0.717) is 37.5 Å². The molecular weight excluding hydrogens is 238 g/mol. The molecule has 0 radical (unpaired) electrons. The molecule has 0 aliphatic carbocycles. The number of rotatable bonds is 8. The minimum atomic E-state index is -0.547. The van der Waals surface area contributed by atoms with E-state index in [4.69, 9.17) is 9.26 Å². The smallest absolute Gasteiger partial charge is 0.227 e. The van der Waals surface area contributed by atoms with Crippen LogP contribution in [0.4, 0.5) is 0 Å². The van der Waals surface area contributed by atoms with Gasteiger partial charge in [0.2, 0.25) is 11.8 Å². The molecule has 7 nitrogen and oxygen atoms in total. The maximum Gasteiger partial charge on any atom is 0.227 e. The van der Waals surface area contributed by atoms with Crippen LogP contribution < -0.4 is 5.32 Å². The van der Waals surface area contributed by atoms with E-state index in [9.17, 15) is 9.90 Å². The Labute approximate surface area is 106 Å². The monoisotopic (exact) mass is 257 g/mol. The zero-order chi connectivity index (χ0) is 13.4. The van der Waals surface area contributed by atoms with E-state index in [1.165, 1.54) is 7.11 Å². The number of aliphatic hydroxyl groups is 1. The topological polar surface area (TPSA) is 97.5 Å². The lowest BCUT2D eigenvalue weighted by Gasteiger charge is -2.09. The van der Waals surface area contributed by atoms with Crippen molar-refractivity contribution >= 4 is 5.91 Å². The van der Waals surface area contributed by atoms with Gasteiger partial charge >= 0.3 is 0 Å². The van der Waals surface area contributed by atoms with Crippen LogP contribution >= 0.6 is 0 Å². The molecule has 1 aromatic heterocycles. The predicted molar refractivity (Wildman–Crippen MR) is 62.9 cm³/mol. The Kier molecular flexibility index (Phi) is 6.31. The molecule has 0 fully saturated rings. The highest BCUT2D eigenvalue weighted by atomic mass is 16.5. The first-order chi connectivity index (χ1) is 8.61. The molecule has 0 spiro atoms. The van der Waals surface area contributed by atoms with Crippen molar-refractivity contribution in [3.05, 3.63) is 11.7 Å². The number of nitrogens with zero attached hydrogens (tertiary/aromatic N) is 2. The van der Waals surface area contributed by atoms with Crippen molar-refractivity contribution in [3.8, 4) is 0 Å². The van der Waals surface area contributed by atoms with E-state index >= 15 is 0 Å². The van der Waals surface area contributed by atoms with Crippen LogP contribution in [0.25, 0.3) is 0 Å². The van der Waals surface area contributed by atoms with Crippen LogP contribution in [0, 0.1) is 6.92 Å². The van der Waals surface area contributed by atoms with Gasteiger partial charge in [-0.25, -0.2) is 0 Å². The zero-order valence-corrected chi connectivity index (χ0v) is 10.7. The number of nitrogens with one attached hydrogen (secondary N) is 1. The Bertz CT molecular complexity index is 367. The summed E-state index contributed by atoms with van der Waals surface area (Å²) in [5.41, 5.74) is 0. The van der Waals surface area contributed by atoms with Gasteiger partial charge in [0.1, 0.15) is 0 Å². The summed E-state index contributed by atoms with van der Waals surface area (Å²) in [5.74, 6) is 0.922. The SMILES string of the molecule is COCC(O)CCNC(=O)CCc1nc(C)no1. The number of carbonyl (C=O) groups excluding carboxylic acids is 1. The number of hydrogen-bond donors (Lipinski definition) is 2. The quantitative estimate of drug-likeness (QED) is 0.670. The van der Waals surface area contributed by atoms with Crippen LogP contribution in [-0.2, 0) is 16.0 Å². The van der Waals surface area contributed by atoms with Gasteiger partial charge in [-0.05, 0) is 13.3 Å². The first-order valence-electron chi connectivity index (χ1n) is 5.84. The molecule has 1 rings (SSSR count). The normalized spacial score (nSPS) is 12.4. The minimum Gasteiger partial charge on any atom is -0.391 e. The van der Waals surface area contributed by atoms with E-state index in [2.05, 4.69) is 15.5 Å². The highest BCUT2D eigenvalue weighted by Crippen LogP contribution is 2.00. The molecule has 0 aromatic carbocycles. The molecule has 1 amide bonds. The number of aliphatic hydroxyl groups excluding tert-OH is 1. The molecule has 0 aliphatic heterocycles. The summed E-state index contributed by atoms with van der Waals surface area (Å²) in [6.07, 6.45) is 0.642. The fourth-order valence-electron chi connectivity index (χ4n) is 1.40. The molecule has 7 heteroatoms. The first kappa shape index (κ1) is 14.6. The fourth-order valence-corrected chi connectivity index (χ4v) is 1.40. The van der Waals surface area contributed by atoms with Gasteiger partial charge in [0, 0.05) is 26.5 Å². The van der Waals surface area contributed by atoms with Crippen LogP contribution in [0.15, 0.2) is 4.52 Å². The van der Waals surface area contributed by atoms with Gasteiger partial charge in [0.05, 0.1) is 12.7 Å². The summed E-state index contributed by atoms with van der Waals surface area (Å²) in [5, 5.41) is 15.7.